The molecule has 1 fully saturated rings. The number of carbonyl (C=O) groups is 3. The number of nitrogens with one attached hydrogen (secondary N) is 1. The first kappa shape index (κ1) is 19.2. The van der Waals surface area contributed by atoms with E-state index in [1.807, 2.05) is 18.7 Å². The molecule has 0 saturated carbocycles. The third kappa shape index (κ3) is 4.78. The van der Waals surface area contributed by atoms with Crippen molar-refractivity contribution in [2.24, 2.45) is 5.92 Å². The molecule has 146 valence electrons. The second-order valence-corrected chi connectivity index (χ2v) is 7.48. The molecule has 2 aliphatic rings. The summed E-state index contributed by atoms with van der Waals surface area (Å²) in [4.78, 5) is 40.6. The highest BCUT2D eigenvalue weighted by Gasteiger charge is 2.24. The van der Waals surface area contributed by atoms with Crippen LogP contribution >= 0.6 is 0 Å². The van der Waals surface area contributed by atoms with Crippen molar-refractivity contribution in [1.29, 1.82) is 0 Å². The van der Waals surface area contributed by atoms with Crippen molar-refractivity contribution in [3.05, 3.63) is 23.8 Å². The molecular formula is C20H27N3O4. The molecule has 0 aliphatic carbocycles. The zero-order chi connectivity index (χ0) is 19.4. The minimum atomic E-state index is -0.118. The first-order chi connectivity index (χ1) is 12.9. The van der Waals surface area contributed by atoms with Gasteiger partial charge in [0.15, 0.2) is 0 Å². The fourth-order valence-corrected chi connectivity index (χ4v) is 3.38. The molecule has 3 amide bonds. The smallest absolute Gasteiger partial charge is 0.253 e. The quantitative estimate of drug-likeness (QED) is 0.880. The van der Waals surface area contributed by atoms with Gasteiger partial charge in [-0.15, -0.1) is 0 Å². The fourth-order valence-electron chi connectivity index (χ4n) is 3.38. The van der Waals surface area contributed by atoms with E-state index < -0.39 is 0 Å². The van der Waals surface area contributed by atoms with Gasteiger partial charge in [-0.05, 0) is 30.5 Å². The molecule has 0 atom stereocenters. The molecule has 27 heavy (non-hydrogen) atoms. The Balaban J connectivity index is 1.67. The Morgan fingerprint density at radius 3 is 2.67 bits per heavy atom. The number of ether oxygens (including phenoxy) is 1. The number of carbonyl (C=O) groups excluding carboxylic acids is 3. The van der Waals surface area contributed by atoms with E-state index >= 15 is 0 Å². The van der Waals surface area contributed by atoms with Crippen molar-refractivity contribution in [3.63, 3.8) is 0 Å². The normalized spacial score (nSPS) is 17.5. The number of hydrogen-bond acceptors (Lipinski definition) is 4. The van der Waals surface area contributed by atoms with Crippen LogP contribution in [0.3, 0.4) is 0 Å². The molecule has 2 heterocycles. The van der Waals surface area contributed by atoms with Crippen molar-refractivity contribution in [2.75, 3.05) is 38.1 Å². The minimum Gasteiger partial charge on any atom is -0.491 e. The van der Waals surface area contributed by atoms with Gasteiger partial charge in [-0.2, -0.15) is 0 Å². The highest BCUT2D eigenvalue weighted by Crippen LogP contribution is 2.28. The van der Waals surface area contributed by atoms with Gasteiger partial charge in [-0.25, -0.2) is 0 Å². The van der Waals surface area contributed by atoms with Gasteiger partial charge in [0.05, 0.1) is 18.7 Å². The van der Waals surface area contributed by atoms with Gasteiger partial charge in [0.2, 0.25) is 11.8 Å². The lowest BCUT2D eigenvalue weighted by Crippen LogP contribution is -2.37. The molecule has 1 aromatic carbocycles. The molecule has 0 radical (unpaired) electrons. The van der Waals surface area contributed by atoms with E-state index in [1.165, 1.54) is 0 Å². The maximum atomic E-state index is 12.9. The maximum Gasteiger partial charge on any atom is 0.253 e. The van der Waals surface area contributed by atoms with Crippen molar-refractivity contribution >= 4 is 23.4 Å². The number of benzene rings is 1. The zero-order valence-corrected chi connectivity index (χ0v) is 16.0. The first-order valence-electron chi connectivity index (χ1n) is 9.58. The molecule has 1 aromatic rings. The summed E-state index contributed by atoms with van der Waals surface area (Å²) in [6.45, 7) is 6.77. The molecule has 0 aromatic heterocycles. The molecular weight excluding hydrogens is 346 g/mol. The summed E-state index contributed by atoms with van der Waals surface area (Å²) in [5.74, 6) is 0.861. The maximum absolute atomic E-state index is 12.9. The number of rotatable bonds is 3. The van der Waals surface area contributed by atoms with Crippen molar-refractivity contribution in [2.45, 2.75) is 33.1 Å². The van der Waals surface area contributed by atoms with E-state index in [0.717, 1.165) is 6.42 Å². The largest absolute Gasteiger partial charge is 0.491 e. The second-order valence-electron chi connectivity index (χ2n) is 7.48. The summed E-state index contributed by atoms with van der Waals surface area (Å²) < 4.78 is 5.54. The van der Waals surface area contributed by atoms with Gasteiger partial charge in [-0.1, -0.05) is 13.8 Å². The van der Waals surface area contributed by atoms with Crippen LogP contribution in [0.4, 0.5) is 5.69 Å². The summed E-state index contributed by atoms with van der Waals surface area (Å²) in [7, 11) is 0. The molecule has 7 nitrogen and oxygen atoms in total. The predicted octanol–water partition coefficient (Wildman–Crippen LogP) is 2.13. The molecule has 1 N–H and O–H groups in total. The summed E-state index contributed by atoms with van der Waals surface area (Å²) in [5.41, 5.74) is 1.05. The standard InChI is InChI=1S/C20H27N3O4/c1-14(2)12-19(25)22-7-3-8-23(10-9-22)20(26)15-4-5-17-16(13-15)21-18(24)6-11-27-17/h4-5,13-14H,3,6-12H2,1-2H3,(H,21,24). The van der Waals surface area contributed by atoms with Crippen LogP contribution in [0.15, 0.2) is 18.2 Å². The lowest BCUT2D eigenvalue weighted by Gasteiger charge is -2.23. The van der Waals surface area contributed by atoms with Crippen LogP contribution in [0.5, 0.6) is 5.75 Å². The van der Waals surface area contributed by atoms with Gasteiger partial charge in [0.25, 0.3) is 5.91 Å². The number of nitrogens with zero attached hydrogens (tertiary/aromatic N) is 2. The topological polar surface area (TPSA) is 79.0 Å². The van der Waals surface area contributed by atoms with Crippen LogP contribution in [0.25, 0.3) is 0 Å². The number of anilines is 1. The summed E-state index contributed by atoms with van der Waals surface area (Å²) in [6, 6.07) is 5.13. The van der Waals surface area contributed by atoms with E-state index in [1.54, 1.807) is 23.1 Å². The van der Waals surface area contributed by atoms with Crippen molar-refractivity contribution in [3.8, 4) is 5.75 Å². The van der Waals surface area contributed by atoms with Crippen LogP contribution in [-0.4, -0.2) is 60.3 Å². The molecule has 3 rings (SSSR count). The fraction of sp³-hybridized carbons (Fsp3) is 0.550. The molecule has 1 saturated heterocycles. The molecule has 2 aliphatic heterocycles. The minimum absolute atomic E-state index is 0.0885. The highest BCUT2D eigenvalue weighted by atomic mass is 16.5. The monoisotopic (exact) mass is 373 g/mol. The lowest BCUT2D eigenvalue weighted by molar-refractivity contribution is -0.131. The van der Waals surface area contributed by atoms with Crippen LogP contribution in [0.2, 0.25) is 0 Å². The zero-order valence-electron chi connectivity index (χ0n) is 16.0. The van der Waals surface area contributed by atoms with Crippen molar-refractivity contribution < 1.29 is 19.1 Å². The Labute approximate surface area is 159 Å². The first-order valence-corrected chi connectivity index (χ1v) is 9.58. The third-order valence-corrected chi connectivity index (χ3v) is 4.81. The average molecular weight is 373 g/mol. The molecule has 7 heteroatoms. The Morgan fingerprint density at radius 1 is 1.15 bits per heavy atom. The van der Waals surface area contributed by atoms with Gasteiger partial charge in [0, 0.05) is 38.2 Å². The Bertz CT molecular complexity index is 732. The van der Waals surface area contributed by atoms with E-state index in [-0.39, 0.29) is 17.7 Å². The Hall–Kier alpha value is -2.57. The molecule has 0 bridgehead atoms. The SMILES string of the molecule is CC(C)CC(=O)N1CCCN(C(=O)c2ccc3c(c2)NC(=O)CCO3)CC1. The molecule has 0 spiro atoms. The van der Waals surface area contributed by atoms with Crippen LogP contribution in [0.1, 0.15) is 43.5 Å². The van der Waals surface area contributed by atoms with Crippen molar-refractivity contribution in [1.82, 2.24) is 9.80 Å². The summed E-state index contributed by atoms with van der Waals surface area (Å²) in [5, 5.41) is 2.79. The van der Waals surface area contributed by atoms with E-state index in [9.17, 15) is 14.4 Å². The van der Waals surface area contributed by atoms with E-state index in [4.69, 9.17) is 4.74 Å². The Morgan fingerprint density at radius 2 is 1.89 bits per heavy atom. The second kappa shape index (κ2) is 8.41. The lowest BCUT2D eigenvalue weighted by atomic mass is 10.1. The predicted molar refractivity (Wildman–Crippen MR) is 102 cm³/mol. The van der Waals surface area contributed by atoms with E-state index in [2.05, 4.69) is 5.32 Å². The number of fused-ring (bicyclic) bond motifs is 1. The summed E-state index contributed by atoms with van der Waals surface area (Å²) in [6.07, 6.45) is 1.60. The van der Waals surface area contributed by atoms with Crippen LogP contribution in [0, 0.1) is 5.92 Å². The highest BCUT2D eigenvalue weighted by molar-refractivity contribution is 5.98. The van der Waals surface area contributed by atoms with Crippen LogP contribution < -0.4 is 10.1 Å². The summed E-state index contributed by atoms with van der Waals surface area (Å²) >= 11 is 0. The van der Waals surface area contributed by atoms with Gasteiger partial charge in [0.1, 0.15) is 5.75 Å². The third-order valence-electron chi connectivity index (χ3n) is 4.81. The molecule has 0 unspecified atom stereocenters. The Kier molecular flexibility index (Phi) is 5.98. The number of hydrogen-bond donors (Lipinski definition) is 1. The van der Waals surface area contributed by atoms with E-state index in [0.29, 0.717) is 68.5 Å². The number of amides is 3. The van der Waals surface area contributed by atoms with Gasteiger partial charge < -0.3 is 19.9 Å². The van der Waals surface area contributed by atoms with Gasteiger partial charge >= 0.3 is 0 Å². The average Bonchev–Trinajstić information content (AvgIpc) is 2.97. The van der Waals surface area contributed by atoms with Crippen LogP contribution in [-0.2, 0) is 9.59 Å². The van der Waals surface area contributed by atoms with Gasteiger partial charge in [-0.3, -0.25) is 14.4 Å².